The Hall–Kier alpha value is -3.18. The van der Waals surface area contributed by atoms with E-state index >= 15 is 0 Å². The molecule has 28 heavy (non-hydrogen) atoms. The molecule has 2 aromatic carbocycles. The molecule has 2 heterocycles. The molecule has 0 fully saturated rings. The highest BCUT2D eigenvalue weighted by atomic mass is 32.1. The normalized spacial score (nSPS) is 14.1. The van der Waals surface area contributed by atoms with Gasteiger partial charge < -0.3 is 5.32 Å². The first-order valence-corrected chi connectivity index (χ1v) is 10.1. The van der Waals surface area contributed by atoms with Crippen LogP contribution in [0.25, 0.3) is 5.57 Å². The summed E-state index contributed by atoms with van der Waals surface area (Å²) in [6, 6.07) is 21.3. The van der Waals surface area contributed by atoms with Gasteiger partial charge in [0.05, 0.1) is 12.1 Å². The first kappa shape index (κ1) is 18.2. The number of hydrogen-bond acceptors (Lipinski definition) is 4. The van der Waals surface area contributed by atoms with Crippen LogP contribution in [0.3, 0.4) is 0 Å². The van der Waals surface area contributed by atoms with Crippen LogP contribution < -0.4 is 5.32 Å². The van der Waals surface area contributed by atoms with Crippen molar-refractivity contribution in [2.24, 2.45) is 0 Å². The van der Waals surface area contributed by atoms with Gasteiger partial charge in [-0.3, -0.25) is 14.5 Å². The molecule has 3 aromatic rings. The predicted octanol–water partition coefficient (Wildman–Crippen LogP) is 4.70. The number of nitrogens with one attached hydrogen (secondary N) is 1. The summed E-state index contributed by atoms with van der Waals surface area (Å²) in [4.78, 5) is 28.4. The number of hydrogen-bond donors (Lipinski definition) is 1. The van der Waals surface area contributed by atoms with E-state index in [2.05, 4.69) is 12.2 Å². The Morgan fingerprint density at radius 1 is 0.857 bits per heavy atom. The number of carbonyl (C=O) groups is 2. The average molecular weight is 388 g/mol. The van der Waals surface area contributed by atoms with Gasteiger partial charge in [0.1, 0.15) is 5.70 Å². The lowest BCUT2D eigenvalue weighted by Crippen LogP contribution is -2.31. The van der Waals surface area contributed by atoms with E-state index in [0.29, 0.717) is 11.3 Å². The van der Waals surface area contributed by atoms with Crippen molar-refractivity contribution in [3.8, 4) is 0 Å². The number of thiophene rings is 1. The lowest BCUT2D eigenvalue weighted by Gasteiger charge is -2.15. The third-order valence-electron chi connectivity index (χ3n) is 4.75. The van der Waals surface area contributed by atoms with E-state index in [-0.39, 0.29) is 18.4 Å². The van der Waals surface area contributed by atoms with Crippen LogP contribution in [0.15, 0.2) is 77.8 Å². The number of rotatable bonds is 6. The summed E-state index contributed by atoms with van der Waals surface area (Å²) in [7, 11) is 0. The molecule has 0 radical (unpaired) electrons. The Bertz CT molecular complexity index is 1020. The van der Waals surface area contributed by atoms with E-state index in [1.807, 2.05) is 72.1 Å². The molecule has 4 rings (SSSR count). The van der Waals surface area contributed by atoms with Crippen LogP contribution in [0.2, 0.25) is 0 Å². The first-order chi connectivity index (χ1) is 13.7. The van der Waals surface area contributed by atoms with E-state index in [4.69, 9.17) is 0 Å². The minimum Gasteiger partial charge on any atom is -0.350 e. The van der Waals surface area contributed by atoms with Crippen LogP contribution in [0.1, 0.15) is 22.9 Å². The molecular weight excluding hydrogens is 368 g/mol. The average Bonchev–Trinajstić information content (AvgIpc) is 3.33. The monoisotopic (exact) mass is 388 g/mol. The number of anilines is 1. The van der Waals surface area contributed by atoms with Crippen molar-refractivity contribution in [2.45, 2.75) is 19.9 Å². The van der Waals surface area contributed by atoms with Gasteiger partial charge >= 0.3 is 0 Å². The van der Waals surface area contributed by atoms with Crippen LogP contribution in [0.5, 0.6) is 0 Å². The number of amides is 2. The molecule has 0 saturated carbocycles. The first-order valence-electron chi connectivity index (χ1n) is 9.21. The second kappa shape index (κ2) is 7.82. The van der Waals surface area contributed by atoms with Crippen molar-refractivity contribution < 1.29 is 9.59 Å². The number of aryl methyl sites for hydroxylation is 1. The third-order valence-corrected chi connectivity index (χ3v) is 5.64. The molecule has 2 amide bonds. The maximum absolute atomic E-state index is 13.1. The number of imide groups is 1. The summed E-state index contributed by atoms with van der Waals surface area (Å²) in [5.41, 5.74) is 3.72. The van der Waals surface area contributed by atoms with Gasteiger partial charge in [-0.15, -0.1) is 11.3 Å². The van der Waals surface area contributed by atoms with Gasteiger partial charge in [-0.1, -0.05) is 55.5 Å². The fraction of sp³-hybridized carbons (Fsp3) is 0.130. The third kappa shape index (κ3) is 3.49. The van der Waals surface area contributed by atoms with Gasteiger partial charge in [0.15, 0.2) is 0 Å². The van der Waals surface area contributed by atoms with Crippen LogP contribution in [-0.4, -0.2) is 16.7 Å². The Labute approximate surface area is 168 Å². The summed E-state index contributed by atoms with van der Waals surface area (Å²) >= 11 is 1.46. The van der Waals surface area contributed by atoms with Crippen molar-refractivity contribution in [2.75, 3.05) is 5.32 Å². The van der Waals surface area contributed by atoms with Crippen molar-refractivity contribution in [1.29, 1.82) is 0 Å². The van der Waals surface area contributed by atoms with Gasteiger partial charge in [-0.25, -0.2) is 0 Å². The van der Waals surface area contributed by atoms with E-state index in [0.717, 1.165) is 22.5 Å². The van der Waals surface area contributed by atoms with Crippen molar-refractivity contribution in [3.05, 3.63) is 93.8 Å². The Balaban J connectivity index is 1.68. The molecule has 5 heteroatoms. The van der Waals surface area contributed by atoms with E-state index in [9.17, 15) is 9.59 Å². The summed E-state index contributed by atoms with van der Waals surface area (Å²) in [6.45, 7) is 2.35. The maximum Gasteiger partial charge on any atom is 0.278 e. The molecule has 0 aliphatic carbocycles. The molecule has 1 aliphatic rings. The molecule has 140 valence electrons. The quantitative estimate of drug-likeness (QED) is 0.623. The Kier molecular flexibility index (Phi) is 5.08. The Morgan fingerprint density at radius 3 is 2.25 bits per heavy atom. The second-order valence-electron chi connectivity index (χ2n) is 6.58. The maximum atomic E-state index is 13.1. The number of nitrogens with zero attached hydrogens (tertiary/aromatic N) is 1. The van der Waals surface area contributed by atoms with Crippen molar-refractivity contribution in [3.63, 3.8) is 0 Å². The molecule has 0 saturated heterocycles. The molecule has 0 spiro atoms. The smallest absolute Gasteiger partial charge is 0.278 e. The highest BCUT2D eigenvalue weighted by molar-refractivity contribution is 7.11. The molecular formula is C23H20N2O2S. The summed E-state index contributed by atoms with van der Waals surface area (Å²) in [5.74, 6) is -0.555. The summed E-state index contributed by atoms with van der Waals surface area (Å²) in [5, 5.41) is 5.11. The largest absolute Gasteiger partial charge is 0.350 e. The van der Waals surface area contributed by atoms with Gasteiger partial charge in [-0.2, -0.15) is 0 Å². The fourth-order valence-corrected chi connectivity index (χ4v) is 3.99. The van der Waals surface area contributed by atoms with Crippen molar-refractivity contribution in [1.82, 2.24) is 4.90 Å². The summed E-state index contributed by atoms with van der Waals surface area (Å²) < 4.78 is 0. The molecule has 1 aliphatic heterocycles. The molecule has 1 N–H and O–H groups in total. The Morgan fingerprint density at radius 2 is 1.61 bits per heavy atom. The summed E-state index contributed by atoms with van der Waals surface area (Å²) in [6.07, 6.45) is 0.950. The highest BCUT2D eigenvalue weighted by Crippen LogP contribution is 2.33. The zero-order chi connectivity index (χ0) is 19.5. The van der Waals surface area contributed by atoms with E-state index in [1.165, 1.54) is 21.8 Å². The van der Waals surface area contributed by atoms with Gasteiger partial charge in [-0.05, 0) is 41.1 Å². The van der Waals surface area contributed by atoms with Gasteiger partial charge in [0.25, 0.3) is 11.8 Å². The minimum absolute atomic E-state index is 0.257. The highest BCUT2D eigenvalue weighted by Gasteiger charge is 2.39. The van der Waals surface area contributed by atoms with Crippen LogP contribution in [-0.2, 0) is 22.6 Å². The lowest BCUT2D eigenvalue weighted by molar-refractivity contribution is -0.137. The topological polar surface area (TPSA) is 49.4 Å². The number of benzene rings is 2. The van der Waals surface area contributed by atoms with Crippen LogP contribution in [0.4, 0.5) is 5.69 Å². The SMILES string of the molecule is CCc1ccc(NC2=C(c3cccs3)C(=O)N(Cc3ccccc3)C2=O)cc1. The number of carbonyl (C=O) groups excluding carboxylic acids is 2. The van der Waals surface area contributed by atoms with E-state index < -0.39 is 0 Å². The fourth-order valence-electron chi connectivity index (χ4n) is 3.22. The molecule has 0 atom stereocenters. The van der Waals surface area contributed by atoms with Crippen molar-refractivity contribution >= 4 is 34.4 Å². The van der Waals surface area contributed by atoms with Gasteiger partial charge in [0, 0.05) is 10.6 Å². The van der Waals surface area contributed by atoms with Crippen LogP contribution >= 0.6 is 11.3 Å². The molecule has 1 aromatic heterocycles. The van der Waals surface area contributed by atoms with E-state index in [1.54, 1.807) is 0 Å². The minimum atomic E-state index is -0.295. The van der Waals surface area contributed by atoms with Crippen LogP contribution in [0, 0.1) is 0 Å². The lowest BCUT2D eigenvalue weighted by atomic mass is 10.1. The predicted molar refractivity (Wildman–Crippen MR) is 113 cm³/mol. The molecule has 0 bridgehead atoms. The zero-order valence-electron chi connectivity index (χ0n) is 15.5. The standard InChI is InChI=1S/C23H20N2O2S/c1-2-16-10-12-18(13-11-16)24-21-20(19-9-6-14-28-19)22(26)25(23(21)27)15-17-7-4-3-5-8-17/h3-14,24H,2,15H2,1H3. The molecule has 4 nitrogen and oxygen atoms in total. The molecule has 0 unspecified atom stereocenters. The second-order valence-corrected chi connectivity index (χ2v) is 7.53. The van der Waals surface area contributed by atoms with Gasteiger partial charge in [0.2, 0.25) is 0 Å². The zero-order valence-corrected chi connectivity index (χ0v) is 16.3.